The highest BCUT2D eigenvalue weighted by Gasteiger charge is 2.31. The molecule has 1 aliphatic carbocycles. The van der Waals surface area contributed by atoms with Gasteiger partial charge in [-0.1, -0.05) is 0 Å². The predicted molar refractivity (Wildman–Crippen MR) is 74.1 cm³/mol. The van der Waals surface area contributed by atoms with E-state index in [2.05, 4.69) is 4.98 Å². The number of carbonyl (C=O) groups is 1. The van der Waals surface area contributed by atoms with Crippen molar-refractivity contribution in [1.29, 1.82) is 0 Å². The Morgan fingerprint density at radius 1 is 1.35 bits per heavy atom. The average Bonchev–Trinajstić information content (AvgIpc) is 2.76. The van der Waals surface area contributed by atoms with E-state index in [-0.39, 0.29) is 17.5 Å². The van der Waals surface area contributed by atoms with Crippen LogP contribution in [0.1, 0.15) is 21.5 Å². The highest BCUT2D eigenvalue weighted by molar-refractivity contribution is 6.03. The van der Waals surface area contributed by atoms with E-state index < -0.39 is 0 Å². The van der Waals surface area contributed by atoms with Crippen molar-refractivity contribution >= 4 is 5.78 Å². The maximum atomic E-state index is 12.4. The molecule has 20 heavy (non-hydrogen) atoms. The summed E-state index contributed by atoms with van der Waals surface area (Å²) in [4.78, 5) is 16.4. The number of nitrogens with zero attached hydrogens (tertiary/aromatic N) is 1. The van der Waals surface area contributed by atoms with E-state index >= 15 is 0 Å². The fraction of sp³-hybridized carbons (Fsp3) is 0.250. The minimum absolute atomic E-state index is 0.0177. The summed E-state index contributed by atoms with van der Waals surface area (Å²) in [5.41, 5.74) is 2.66. The molecule has 4 heteroatoms. The molecule has 1 aliphatic rings. The largest absolute Gasteiger partial charge is 0.504 e. The zero-order chi connectivity index (χ0) is 14.1. The van der Waals surface area contributed by atoms with Gasteiger partial charge in [-0.15, -0.1) is 0 Å². The Hall–Kier alpha value is -2.36. The number of hydrogen-bond donors (Lipinski definition) is 1. The van der Waals surface area contributed by atoms with Crippen LogP contribution in [0.2, 0.25) is 0 Å². The molecule has 3 rings (SSSR count). The Morgan fingerprint density at radius 3 is 2.80 bits per heavy atom. The molecule has 0 aliphatic heterocycles. The average molecular weight is 269 g/mol. The Morgan fingerprint density at radius 2 is 2.10 bits per heavy atom. The molecule has 1 unspecified atom stereocenters. The fourth-order valence-electron chi connectivity index (χ4n) is 2.72. The molecule has 1 N–H and O–H groups in total. The predicted octanol–water partition coefficient (Wildman–Crippen LogP) is 2.39. The zero-order valence-electron chi connectivity index (χ0n) is 11.2. The van der Waals surface area contributed by atoms with Crippen LogP contribution < -0.4 is 4.74 Å². The van der Waals surface area contributed by atoms with Crippen LogP contribution in [0.5, 0.6) is 11.5 Å². The van der Waals surface area contributed by atoms with Crippen LogP contribution in [0.15, 0.2) is 36.7 Å². The van der Waals surface area contributed by atoms with Gasteiger partial charge in [-0.3, -0.25) is 9.78 Å². The molecule has 0 bridgehead atoms. The molecule has 1 atom stereocenters. The minimum Gasteiger partial charge on any atom is -0.504 e. The maximum absolute atomic E-state index is 12.4. The quantitative estimate of drug-likeness (QED) is 0.929. The molecule has 0 saturated carbocycles. The molecule has 0 saturated heterocycles. The number of pyridine rings is 1. The summed E-state index contributed by atoms with van der Waals surface area (Å²) in [5, 5.41) is 9.78. The van der Waals surface area contributed by atoms with Crippen LogP contribution in [0.25, 0.3) is 0 Å². The van der Waals surface area contributed by atoms with Crippen molar-refractivity contribution in [3.63, 3.8) is 0 Å². The number of carbonyl (C=O) groups excluding carboxylic acids is 1. The van der Waals surface area contributed by atoms with E-state index in [4.69, 9.17) is 4.74 Å². The van der Waals surface area contributed by atoms with Gasteiger partial charge in [0.15, 0.2) is 17.3 Å². The lowest BCUT2D eigenvalue weighted by Crippen LogP contribution is -2.12. The van der Waals surface area contributed by atoms with Gasteiger partial charge < -0.3 is 9.84 Å². The van der Waals surface area contributed by atoms with Crippen LogP contribution in [-0.4, -0.2) is 23.0 Å². The summed E-state index contributed by atoms with van der Waals surface area (Å²) in [6.45, 7) is 0. The number of benzene rings is 1. The molecule has 0 fully saturated rings. The van der Waals surface area contributed by atoms with E-state index in [0.717, 1.165) is 11.1 Å². The number of rotatable bonds is 3. The van der Waals surface area contributed by atoms with Gasteiger partial charge in [0.05, 0.1) is 7.11 Å². The van der Waals surface area contributed by atoms with Crippen molar-refractivity contribution in [2.24, 2.45) is 5.92 Å². The number of phenols is 1. The Balaban J connectivity index is 1.87. The smallest absolute Gasteiger partial charge is 0.167 e. The summed E-state index contributed by atoms with van der Waals surface area (Å²) >= 11 is 0. The van der Waals surface area contributed by atoms with Gasteiger partial charge in [-0.25, -0.2) is 0 Å². The standard InChI is InChI=1S/C16H15NO3/c1-20-15-8-11-7-12(6-10-2-4-17-5-3-10)16(19)13(11)9-14(15)18/h2-5,8-9,12,18H,6-7H2,1H3. The first kappa shape index (κ1) is 12.7. The van der Waals surface area contributed by atoms with Gasteiger partial charge in [0, 0.05) is 23.9 Å². The normalized spacial score (nSPS) is 17.1. The lowest BCUT2D eigenvalue weighted by Gasteiger charge is -2.07. The maximum Gasteiger partial charge on any atom is 0.167 e. The van der Waals surface area contributed by atoms with Gasteiger partial charge in [0.2, 0.25) is 0 Å². The van der Waals surface area contributed by atoms with Crippen LogP contribution in [-0.2, 0) is 12.8 Å². The molecular weight excluding hydrogens is 254 g/mol. The second-order valence-electron chi connectivity index (χ2n) is 5.01. The van der Waals surface area contributed by atoms with Gasteiger partial charge in [0.25, 0.3) is 0 Å². The number of Topliss-reactive ketones (excluding diaryl/α,β-unsaturated/α-hetero) is 1. The van der Waals surface area contributed by atoms with Crippen LogP contribution in [0.3, 0.4) is 0 Å². The van der Waals surface area contributed by atoms with Crippen LogP contribution in [0, 0.1) is 5.92 Å². The number of hydrogen-bond acceptors (Lipinski definition) is 4. The molecule has 102 valence electrons. The van der Waals surface area contributed by atoms with Crippen molar-refractivity contribution in [2.75, 3.05) is 7.11 Å². The first-order valence-corrected chi connectivity index (χ1v) is 6.52. The summed E-state index contributed by atoms with van der Waals surface area (Å²) in [6.07, 6.45) is 4.85. The molecule has 2 aromatic rings. The summed E-state index contributed by atoms with van der Waals surface area (Å²) in [7, 11) is 1.51. The van der Waals surface area contributed by atoms with Gasteiger partial charge in [0.1, 0.15) is 0 Å². The first-order valence-electron chi connectivity index (χ1n) is 6.52. The summed E-state index contributed by atoms with van der Waals surface area (Å²) < 4.78 is 5.09. The number of phenolic OH excluding ortho intramolecular Hbond substituents is 1. The van der Waals surface area contributed by atoms with Crippen molar-refractivity contribution in [2.45, 2.75) is 12.8 Å². The summed E-state index contributed by atoms with van der Waals surface area (Å²) in [6, 6.07) is 7.13. The lowest BCUT2D eigenvalue weighted by molar-refractivity contribution is 0.0936. The van der Waals surface area contributed by atoms with E-state index in [1.807, 2.05) is 12.1 Å². The Kier molecular flexibility index (Phi) is 3.14. The third-order valence-electron chi connectivity index (χ3n) is 3.74. The van der Waals surface area contributed by atoms with E-state index in [1.165, 1.54) is 13.2 Å². The number of ketones is 1. The van der Waals surface area contributed by atoms with Crippen LogP contribution in [0.4, 0.5) is 0 Å². The Labute approximate surface area is 117 Å². The van der Waals surface area contributed by atoms with Crippen molar-refractivity contribution in [3.8, 4) is 11.5 Å². The summed E-state index contributed by atoms with van der Waals surface area (Å²) in [5.74, 6) is 0.457. The molecule has 1 aromatic heterocycles. The number of ether oxygens (including phenoxy) is 1. The topological polar surface area (TPSA) is 59.4 Å². The lowest BCUT2D eigenvalue weighted by atomic mass is 9.96. The number of fused-ring (bicyclic) bond motifs is 1. The fourth-order valence-corrected chi connectivity index (χ4v) is 2.72. The molecule has 4 nitrogen and oxygen atoms in total. The molecule has 0 amide bonds. The number of aromatic hydroxyl groups is 1. The molecule has 0 spiro atoms. The highest BCUT2D eigenvalue weighted by atomic mass is 16.5. The van der Waals surface area contributed by atoms with E-state index in [9.17, 15) is 9.90 Å². The third-order valence-corrected chi connectivity index (χ3v) is 3.74. The van der Waals surface area contributed by atoms with Crippen LogP contribution >= 0.6 is 0 Å². The Bertz CT molecular complexity index is 652. The monoisotopic (exact) mass is 269 g/mol. The van der Waals surface area contributed by atoms with E-state index in [1.54, 1.807) is 18.5 Å². The number of aromatic nitrogens is 1. The van der Waals surface area contributed by atoms with Crippen molar-refractivity contribution < 1.29 is 14.6 Å². The number of methoxy groups -OCH3 is 1. The first-order chi connectivity index (χ1) is 9.69. The second kappa shape index (κ2) is 4.96. The molecule has 1 aromatic carbocycles. The highest BCUT2D eigenvalue weighted by Crippen LogP contribution is 2.36. The van der Waals surface area contributed by atoms with E-state index in [0.29, 0.717) is 24.2 Å². The second-order valence-corrected chi connectivity index (χ2v) is 5.01. The zero-order valence-corrected chi connectivity index (χ0v) is 11.2. The van der Waals surface area contributed by atoms with Gasteiger partial charge >= 0.3 is 0 Å². The molecule has 0 radical (unpaired) electrons. The molecule has 1 heterocycles. The molecular formula is C16H15NO3. The van der Waals surface area contributed by atoms with Crippen molar-refractivity contribution in [3.05, 3.63) is 53.3 Å². The minimum atomic E-state index is -0.0705. The van der Waals surface area contributed by atoms with Gasteiger partial charge in [-0.2, -0.15) is 0 Å². The van der Waals surface area contributed by atoms with Crippen molar-refractivity contribution in [1.82, 2.24) is 4.98 Å². The SMILES string of the molecule is COc1cc2c(cc1O)C(=O)C(Cc1ccncc1)C2. The van der Waals surface area contributed by atoms with Gasteiger partial charge in [-0.05, 0) is 48.2 Å². The third kappa shape index (κ3) is 2.13.